The standard InChI is InChI=1S/C19H14F3N3O/c20-19(21,22)14-9-10-24-17(11-14)12-5-7-13(8-6-12)18(26)25-16-4-2-1-3-15(16)23/h1-11H,23H2,(H,25,26). The highest BCUT2D eigenvalue weighted by Gasteiger charge is 2.30. The smallest absolute Gasteiger partial charge is 0.397 e. The summed E-state index contributed by atoms with van der Waals surface area (Å²) in [5, 5.41) is 2.69. The van der Waals surface area contributed by atoms with Gasteiger partial charge in [0.2, 0.25) is 0 Å². The Bertz CT molecular complexity index is 937. The summed E-state index contributed by atoms with van der Waals surface area (Å²) in [5.74, 6) is -0.369. The van der Waals surface area contributed by atoms with E-state index in [9.17, 15) is 18.0 Å². The van der Waals surface area contributed by atoms with Crippen LogP contribution in [0.3, 0.4) is 0 Å². The van der Waals surface area contributed by atoms with Gasteiger partial charge in [-0.05, 0) is 36.4 Å². The van der Waals surface area contributed by atoms with E-state index in [0.717, 1.165) is 18.3 Å². The zero-order valence-electron chi connectivity index (χ0n) is 13.4. The Balaban J connectivity index is 1.81. The number of nitrogens with two attached hydrogens (primary N) is 1. The Morgan fingerprint density at radius 1 is 1.00 bits per heavy atom. The van der Waals surface area contributed by atoms with Crippen molar-refractivity contribution in [1.82, 2.24) is 4.98 Å². The number of nitrogens with one attached hydrogen (secondary N) is 1. The van der Waals surface area contributed by atoms with Crippen LogP contribution in [-0.4, -0.2) is 10.9 Å². The van der Waals surface area contributed by atoms with Gasteiger partial charge in [-0.2, -0.15) is 13.2 Å². The molecule has 1 heterocycles. The van der Waals surface area contributed by atoms with Crippen LogP contribution in [0.4, 0.5) is 24.5 Å². The molecule has 0 aliphatic heterocycles. The zero-order valence-corrected chi connectivity index (χ0v) is 13.4. The normalized spacial score (nSPS) is 11.2. The van der Waals surface area contributed by atoms with Gasteiger partial charge in [0, 0.05) is 17.3 Å². The molecular formula is C19H14F3N3O. The van der Waals surface area contributed by atoms with Crippen LogP contribution >= 0.6 is 0 Å². The SMILES string of the molecule is Nc1ccccc1NC(=O)c1ccc(-c2cc(C(F)(F)F)ccn2)cc1. The molecule has 26 heavy (non-hydrogen) atoms. The van der Waals surface area contributed by atoms with Gasteiger partial charge in [0.25, 0.3) is 5.91 Å². The summed E-state index contributed by atoms with van der Waals surface area (Å²) in [5.41, 5.74) is 6.94. The number of rotatable bonds is 3. The van der Waals surface area contributed by atoms with E-state index >= 15 is 0 Å². The Morgan fingerprint density at radius 3 is 2.35 bits per heavy atom. The van der Waals surface area contributed by atoms with Crippen LogP contribution in [-0.2, 0) is 6.18 Å². The van der Waals surface area contributed by atoms with Gasteiger partial charge in [0.05, 0.1) is 22.6 Å². The maximum atomic E-state index is 12.8. The monoisotopic (exact) mass is 357 g/mol. The minimum atomic E-state index is -4.44. The number of benzene rings is 2. The number of carbonyl (C=O) groups excluding carboxylic acids is 1. The summed E-state index contributed by atoms with van der Waals surface area (Å²) in [6, 6.07) is 14.9. The van der Waals surface area contributed by atoms with Gasteiger partial charge in [-0.1, -0.05) is 24.3 Å². The molecule has 0 radical (unpaired) electrons. The second-order valence-electron chi connectivity index (χ2n) is 5.55. The van der Waals surface area contributed by atoms with E-state index in [1.165, 1.54) is 12.1 Å². The molecule has 0 aliphatic carbocycles. The highest BCUT2D eigenvalue weighted by atomic mass is 19.4. The maximum Gasteiger partial charge on any atom is 0.416 e. The molecule has 132 valence electrons. The third-order valence-electron chi connectivity index (χ3n) is 3.74. The fourth-order valence-electron chi connectivity index (χ4n) is 2.36. The van der Waals surface area contributed by atoms with E-state index < -0.39 is 11.7 Å². The number of pyridine rings is 1. The molecule has 1 aromatic heterocycles. The average molecular weight is 357 g/mol. The molecule has 0 saturated carbocycles. The number of nitrogens with zero attached hydrogens (tertiary/aromatic N) is 1. The van der Waals surface area contributed by atoms with Gasteiger partial charge in [-0.25, -0.2) is 0 Å². The van der Waals surface area contributed by atoms with E-state index in [-0.39, 0.29) is 11.6 Å². The average Bonchev–Trinajstić information content (AvgIpc) is 2.63. The third-order valence-corrected chi connectivity index (χ3v) is 3.74. The van der Waals surface area contributed by atoms with Crippen molar-refractivity contribution in [2.75, 3.05) is 11.1 Å². The molecule has 0 fully saturated rings. The van der Waals surface area contributed by atoms with Crippen molar-refractivity contribution in [3.05, 3.63) is 78.0 Å². The molecule has 3 N–H and O–H groups in total. The molecule has 0 spiro atoms. The second-order valence-corrected chi connectivity index (χ2v) is 5.55. The molecule has 0 bridgehead atoms. The minimum Gasteiger partial charge on any atom is -0.397 e. The molecule has 7 heteroatoms. The number of hydrogen-bond donors (Lipinski definition) is 2. The van der Waals surface area contributed by atoms with Crippen LogP contribution in [0.15, 0.2) is 66.9 Å². The molecule has 3 aromatic rings. The first-order chi connectivity index (χ1) is 12.3. The molecule has 0 saturated heterocycles. The molecule has 2 aromatic carbocycles. The first-order valence-electron chi connectivity index (χ1n) is 7.64. The lowest BCUT2D eigenvalue weighted by atomic mass is 10.1. The molecule has 1 amide bonds. The number of anilines is 2. The number of aromatic nitrogens is 1. The predicted molar refractivity (Wildman–Crippen MR) is 93.5 cm³/mol. The zero-order chi connectivity index (χ0) is 18.7. The number of amides is 1. The van der Waals surface area contributed by atoms with Crippen LogP contribution in [0, 0.1) is 0 Å². The molecule has 3 rings (SSSR count). The molecule has 4 nitrogen and oxygen atoms in total. The van der Waals surface area contributed by atoms with Crippen molar-refractivity contribution >= 4 is 17.3 Å². The number of carbonyl (C=O) groups is 1. The molecule has 0 atom stereocenters. The molecule has 0 unspecified atom stereocenters. The van der Waals surface area contributed by atoms with Crippen molar-refractivity contribution in [2.24, 2.45) is 0 Å². The Morgan fingerprint density at radius 2 is 1.69 bits per heavy atom. The predicted octanol–water partition coefficient (Wildman–Crippen LogP) is 4.60. The van der Waals surface area contributed by atoms with Crippen molar-refractivity contribution in [2.45, 2.75) is 6.18 Å². The van der Waals surface area contributed by atoms with Crippen molar-refractivity contribution < 1.29 is 18.0 Å². The van der Waals surface area contributed by atoms with E-state index in [1.807, 2.05) is 0 Å². The van der Waals surface area contributed by atoms with Crippen LogP contribution < -0.4 is 11.1 Å². The fourth-order valence-corrected chi connectivity index (χ4v) is 2.36. The lowest BCUT2D eigenvalue weighted by molar-refractivity contribution is -0.137. The van der Waals surface area contributed by atoms with E-state index in [1.54, 1.807) is 36.4 Å². The summed E-state index contributed by atoms with van der Waals surface area (Å²) in [4.78, 5) is 16.2. The summed E-state index contributed by atoms with van der Waals surface area (Å²) in [6.07, 6.45) is -3.33. The Kier molecular flexibility index (Phi) is 4.62. The quantitative estimate of drug-likeness (QED) is 0.673. The van der Waals surface area contributed by atoms with E-state index in [2.05, 4.69) is 10.3 Å². The van der Waals surface area contributed by atoms with E-state index in [4.69, 9.17) is 5.73 Å². The first-order valence-corrected chi connectivity index (χ1v) is 7.64. The highest BCUT2D eigenvalue weighted by Crippen LogP contribution is 2.31. The Labute approximate surface area is 147 Å². The summed E-state index contributed by atoms with van der Waals surface area (Å²) < 4.78 is 38.4. The second kappa shape index (κ2) is 6.87. The Hall–Kier alpha value is -3.35. The van der Waals surface area contributed by atoms with Crippen molar-refractivity contribution in [3.63, 3.8) is 0 Å². The summed E-state index contributed by atoms with van der Waals surface area (Å²) in [6.45, 7) is 0. The number of alkyl halides is 3. The van der Waals surface area contributed by atoms with Gasteiger partial charge in [0.1, 0.15) is 0 Å². The number of nitrogen functional groups attached to an aromatic ring is 1. The van der Waals surface area contributed by atoms with Gasteiger partial charge in [-0.3, -0.25) is 9.78 Å². The van der Waals surface area contributed by atoms with Crippen LogP contribution in [0.1, 0.15) is 15.9 Å². The molecular weight excluding hydrogens is 343 g/mol. The number of hydrogen-bond acceptors (Lipinski definition) is 3. The fraction of sp³-hybridized carbons (Fsp3) is 0.0526. The van der Waals surface area contributed by atoms with E-state index in [0.29, 0.717) is 22.5 Å². The lowest BCUT2D eigenvalue weighted by Crippen LogP contribution is -2.13. The van der Waals surface area contributed by atoms with Gasteiger partial charge in [0.15, 0.2) is 0 Å². The lowest BCUT2D eigenvalue weighted by Gasteiger charge is -2.10. The third kappa shape index (κ3) is 3.83. The van der Waals surface area contributed by atoms with Crippen LogP contribution in [0.25, 0.3) is 11.3 Å². The van der Waals surface area contributed by atoms with Gasteiger partial charge in [-0.15, -0.1) is 0 Å². The van der Waals surface area contributed by atoms with Crippen molar-refractivity contribution in [3.8, 4) is 11.3 Å². The van der Waals surface area contributed by atoms with Gasteiger partial charge >= 0.3 is 6.18 Å². The number of para-hydroxylation sites is 2. The maximum absolute atomic E-state index is 12.8. The molecule has 0 aliphatic rings. The topological polar surface area (TPSA) is 68.0 Å². The first kappa shape index (κ1) is 17.5. The van der Waals surface area contributed by atoms with Crippen LogP contribution in [0.2, 0.25) is 0 Å². The minimum absolute atomic E-state index is 0.180. The van der Waals surface area contributed by atoms with Crippen LogP contribution in [0.5, 0.6) is 0 Å². The van der Waals surface area contributed by atoms with Crippen molar-refractivity contribution in [1.29, 1.82) is 0 Å². The summed E-state index contributed by atoms with van der Waals surface area (Å²) in [7, 11) is 0. The van der Waals surface area contributed by atoms with Gasteiger partial charge < -0.3 is 11.1 Å². The largest absolute Gasteiger partial charge is 0.416 e. The number of halogens is 3. The summed E-state index contributed by atoms with van der Waals surface area (Å²) >= 11 is 0. The highest BCUT2D eigenvalue weighted by molar-refractivity contribution is 6.05.